The number of fused-ring (bicyclic) bond motifs is 1. The maximum Gasteiger partial charge on any atom is 0.284 e. The summed E-state index contributed by atoms with van der Waals surface area (Å²) in [5, 5.41) is 4.38. The molecular formula is C17H17F2NO2S. The molecule has 1 unspecified atom stereocenters. The molecule has 0 spiro atoms. The molecule has 0 fully saturated rings. The Morgan fingerprint density at radius 1 is 1.09 bits per heavy atom. The molecule has 0 bridgehead atoms. The lowest BCUT2D eigenvalue weighted by molar-refractivity contribution is 0.251. The van der Waals surface area contributed by atoms with Crippen LogP contribution >= 0.6 is 11.8 Å². The van der Waals surface area contributed by atoms with Gasteiger partial charge in [-0.1, -0.05) is 30.0 Å². The van der Waals surface area contributed by atoms with E-state index in [-0.39, 0.29) is 11.8 Å². The second kappa shape index (κ2) is 7.19. The molecule has 2 aromatic heterocycles. The standard InChI is InChI=1S/C17H17F2NO2S/c1-11(16-8-12-4-2-3-5-15(12)22-16)20-9-13-6-7-14(21-13)10-23-17(18)19/h2-8,11,17,20H,9-10H2,1H3. The summed E-state index contributed by atoms with van der Waals surface area (Å²) in [6, 6.07) is 13.4. The topological polar surface area (TPSA) is 38.3 Å². The normalized spacial score (nSPS) is 13.0. The van der Waals surface area contributed by atoms with Crippen molar-refractivity contribution in [3.63, 3.8) is 0 Å². The first-order valence-electron chi connectivity index (χ1n) is 7.31. The zero-order chi connectivity index (χ0) is 16.2. The lowest BCUT2D eigenvalue weighted by atomic mass is 10.2. The van der Waals surface area contributed by atoms with E-state index in [1.807, 2.05) is 37.3 Å². The van der Waals surface area contributed by atoms with Gasteiger partial charge in [0.05, 0.1) is 18.3 Å². The van der Waals surface area contributed by atoms with Crippen LogP contribution in [0.5, 0.6) is 0 Å². The van der Waals surface area contributed by atoms with E-state index in [1.165, 1.54) is 0 Å². The van der Waals surface area contributed by atoms with E-state index >= 15 is 0 Å². The number of halogens is 2. The molecule has 0 aliphatic carbocycles. The molecule has 122 valence electrons. The number of hydrogen-bond donors (Lipinski definition) is 1. The highest BCUT2D eigenvalue weighted by atomic mass is 32.2. The molecule has 2 heterocycles. The summed E-state index contributed by atoms with van der Waals surface area (Å²) in [5.74, 6) is -0.0705. The van der Waals surface area contributed by atoms with Crippen molar-refractivity contribution in [3.8, 4) is 0 Å². The van der Waals surface area contributed by atoms with Crippen LogP contribution in [0.15, 0.2) is 51.3 Å². The van der Waals surface area contributed by atoms with Gasteiger partial charge in [0.15, 0.2) is 0 Å². The summed E-state index contributed by atoms with van der Waals surface area (Å²) in [5.41, 5.74) is 0.862. The van der Waals surface area contributed by atoms with Crippen LogP contribution in [0.3, 0.4) is 0 Å². The van der Waals surface area contributed by atoms with Crippen molar-refractivity contribution in [1.29, 1.82) is 0 Å². The third kappa shape index (κ3) is 4.14. The summed E-state index contributed by atoms with van der Waals surface area (Å²) in [6.45, 7) is 2.52. The Balaban J connectivity index is 1.57. The summed E-state index contributed by atoms with van der Waals surface area (Å²) < 4.78 is 35.7. The van der Waals surface area contributed by atoms with Gasteiger partial charge in [0.25, 0.3) is 5.76 Å². The Hall–Kier alpha value is -1.79. The summed E-state index contributed by atoms with van der Waals surface area (Å²) in [6.07, 6.45) is 0. The van der Waals surface area contributed by atoms with Crippen molar-refractivity contribution in [3.05, 3.63) is 59.7 Å². The third-order valence-electron chi connectivity index (χ3n) is 3.52. The summed E-state index contributed by atoms with van der Waals surface area (Å²) in [4.78, 5) is 0. The Morgan fingerprint density at radius 3 is 2.65 bits per heavy atom. The van der Waals surface area contributed by atoms with E-state index in [0.29, 0.717) is 24.1 Å². The number of furan rings is 2. The van der Waals surface area contributed by atoms with Crippen LogP contribution in [0.2, 0.25) is 0 Å². The zero-order valence-electron chi connectivity index (χ0n) is 12.6. The van der Waals surface area contributed by atoms with Crippen LogP contribution in [0, 0.1) is 0 Å². The molecule has 3 nitrogen and oxygen atoms in total. The molecule has 3 rings (SSSR count). The van der Waals surface area contributed by atoms with E-state index < -0.39 is 5.76 Å². The highest BCUT2D eigenvalue weighted by Crippen LogP contribution is 2.24. The maximum atomic E-state index is 12.2. The van der Waals surface area contributed by atoms with E-state index in [2.05, 4.69) is 5.32 Å². The molecule has 1 atom stereocenters. The average molecular weight is 337 g/mol. The molecule has 0 aliphatic rings. The number of alkyl halides is 2. The average Bonchev–Trinajstić information content (AvgIpc) is 3.17. The van der Waals surface area contributed by atoms with Crippen molar-refractivity contribution >= 4 is 22.7 Å². The van der Waals surface area contributed by atoms with E-state index in [4.69, 9.17) is 8.83 Å². The Morgan fingerprint density at radius 2 is 1.87 bits per heavy atom. The minimum Gasteiger partial charge on any atom is -0.464 e. The lowest BCUT2D eigenvalue weighted by Gasteiger charge is -2.09. The molecule has 0 radical (unpaired) electrons. The van der Waals surface area contributed by atoms with E-state index in [1.54, 1.807) is 12.1 Å². The lowest BCUT2D eigenvalue weighted by Crippen LogP contribution is -2.17. The Bertz CT molecular complexity index is 736. The quantitative estimate of drug-likeness (QED) is 0.632. The predicted octanol–water partition coefficient (Wildman–Crippen LogP) is 5.33. The van der Waals surface area contributed by atoms with Crippen molar-refractivity contribution < 1.29 is 17.6 Å². The van der Waals surface area contributed by atoms with Gasteiger partial charge >= 0.3 is 0 Å². The number of para-hydroxylation sites is 1. The van der Waals surface area contributed by atoms with Gasteiger partial charge in [0.2, 0.25) is 0 Å². The predicted molar refractivity (Wildman–Crippen MR) is 87.5 cm³/mol. The largest absolute Gasteiger partial charge is 0.464 e. The second-order valence-corrected chi connectivity index (χ2v) is 6.21. The third-order valence-corrected chi connectivity index (χ3v) is 4.23. The minimum absolute atomic E-state index is 0.0198. The highest BCUT2D eigenvalue weighted by Gasteiger charge is 2.12. The van der Waals surface area contributed by atoms with Crippen molar-refractivity contribution in [2.24, 2.45) is 0 Å². The van der Waals surface area contributed by atoms with Gasteiger partial charge in [-0.15, -0.1) is 0 Å². The zero-order valence-corrected chi connectivity index (χ0v) is 13.4. The van der Waals surface area contributed by atoms with Gasteiger partial charge < -0.3 is 14.2 Å². The van der Waals surface area contributed by atoms with Gasteiger partial charge in [-0.2, -0.15) is 8.78 Å². The van der Waals surface area contributed by atoms with Crippen LogP contribution in [0.25, 0.3) is 11.0 Å². The minimum atomic E-state index is -2.38. The van der Waals surface area contributed by atoms with Crippen molar-refractivity contribution in [2.45, 2.75) is 31.0 Å². The first-order chi connectivity index (χ1) is 11.1. The number of thioether (sulfide) groups is 1. The van der Waals surface area contributed by atoms with Gasteiger partial charge in [-0.05, 0) is 31.2 Å². The summed E-state index contributed by atoms with van der Waals surface area (Å²) >= 11 is 0.559. The Labute approximate surface area is 137 Å². The number of rotatable bonds is 7. The van der Waals surface area contributed by atoms with E-state index in [9.17, 15) is 8.78 Å². The van der Waals surface area contributed by atoms with Crippen LogP contribution in [0.1, 0.15) is 30.2 Å². The van der Waals surface area contributed by atoms with E-state index in [0.717, 1.165) is 22.5 Å². The monoisotopic (exact) mass is 337 g/mol. The first kappa shape index (κ1) is 16.1. The molecule has 0 saturated heterocycles. The summed E-state index contributed by atoms with van der Waals surface area (Å²) in [7, 11) is 0. The Kier molecular flexibility index (Phi) is 5.03. The van der Waals surface area contributed by atoms with Crippen molar-refractivity contribution in [2.75, 3.05) is 0 Å². The van der Waals surface area contributed by atoms with Gasteiger partial charge in [-0.3, -0.25) is 0 Å². The molecule has 1 N–H and O–H groups in total. The van der Waals surface area contributed by atoms with Gasteiger partial charge in [0.1, 0.15) is 22.9 Å². The van der Waals surface area contributed by atoms with Gasteiger partial charge in [0, 0.05) is 5.39 Å². The molecule has 6 heteroatoms. The highest BCUT2D eigenvalue weighted by molar-refractivity contribution is 7.98. The molecule has 23 heavy (non-hydrogen) atoms. The van der Waals surface area contributed by atoms with Crippen LogP contribution in [-0.2, 0) is 12.3 Å². The molecule has 0 saturated carbocycles. The van der Waals surface area contributed by atoms with Crippen LogP contribution in [0.4, 0.5) is 8.78 Å². The molecule has 3 aromatic rings. The number of benzene rings is 1. The first-order valence-corrected chi connectivity index (χ1v) is 8.36. The van der Waals surface area contributed by atoms with Crippen LogP contribution < -0.4 is 5.32 Å². The fourth-order valence-corrected chi connectivity index (χ4v) is 2.76. The second-order valence-electron chi connectivity index (χ2n) is 5.23. The number of nitrogens with one attached hydrogen (secondary N) is 1. The number of hydrogen-bond acceptors (Lipinski definition) is 4. The smallest absolute Gasteiger partial charge is 0.284 e. The maximum absolute atomic E-state index is 12.2. The molecule has 1 aromatic carbocycles. The fraction of sp³-hybridized carbons (Fsp3) is 0.294. The van der Waals surface area contributed by atoms with Crippen molar-refractivity contribution in [1.82, 2.24) is 5.32 Å². The SMILES string of the molecule is CC(NCc1ccc(CSC(F)F)o1)c1cc2ccccc2o1. The van der Waals surface area contributed by atoms with Crippen LogP contribution in [-0.4, -0.2) is 5.76 Å². The molecule has 0 aliphatic heterocycles. The molecular weight excluding hydrogens is 320 g/mol. The van der Waals surface area contributed by atoms with Gasteiger partial charge in [-0.25, -0.2) is 0 Å². The molecule has 0 amide bonds. The fourth-order valence-electron chi connectivity index (χ4n) is 2.31.